The molecule has 0 radical (unpaired) electrons. The van der Waals surface area contributed by atoms with E-state index >= 15 is 0 Å². The zero-order valence-electron chi connectivity index (χ0n) is 18.5. The summed E-state index contributed by atoms with van der Waals surface area (Å²) in [7, 11) is 3.83. The number of rotatable bonds is 4. The van der Waals surface area contributed by atoms with Crippen LogP contribution in [0.5, 0.6) is 0 Å². The van der Waals surface area contributed by atoms with Gasteiger partial charge in [0.25, 0.3) is 5.91 Å². The first-order chi connectivity index (χ1) is 15.4. The fourth-order valence-corrected chi connectivity index (χ4v) is 5.07. The zero-order valence-corrected chi connectivity index (χ0v) is 19.4. The Morgan fingerprint density at radius 2 is 1.91 bits per heavy atom. The van der Waals surface area contributed by atoms with Crippen LogP contribution in [-0.2, 0) is 0 Å². The second-order valence-corrected chi connectivity index (χ2v) is 9.22. The predicted octanol–water partition coefficient (Wildman–Crippen LogP) is 3.73. The number of nitrogens with zero attached hydrogens (tertiary/aromatic N) is 4. The number of amides is 1. The highest BCUT2D eigenvalue weighted by molar-refractivity contribution is 8.02. The quantitative estimate of drug-likeness (QED) is 0.637. The Kier molecular flexibility index (Phi) is 5.19. The molecule has 8 heteroatoms. The second-order valence-electron chi connectivity index (χ2n) is 8.26. The number of carbonyl (C=O) groups excluding carboxylic acids is 1. The Balaban J connectivity index is 1.41. The molecule has 0 bridgehead atoms. The predicted molar refractivity (Wildman–Crippen MR) is 129 cm³/mol. The van der Waals surface area contributed by atoms with Gasteiger partial charge in [0.1, 0.15) is 5.65 Å². The molecule has 2 atom stereocenters. The monoisotopic (exact) mass is 446 g/mol. The van der Waals surface area contributed by atoms with E-state index < -0.39 is 0 Å². The fourth-order valence-electron chi connectivity index (χ4n) is 4.13. The number of aromatic nitrogens is 2. The van der Waals surface area contributed by atoms with Crippen molar-refractivity contribution >= 4 is 28.9 Å². The number of hydrogen-bond donors (Lipinski definition) is 2. The molecule has 3 aromatic rings. The van der Waals surface area contributed by atoms with Gasteiger partial charge in [0.2, 0.25) is 0 Å². The maximum absolute atomic E-state index is 12.9. The number of benzene rings is 1. The molecular formula is C24H26N6OS. The number of pyridine rings is 1. The number of allylic oxidation sites excluding steroid dienone is 1. The van der Waals surface area contributed by atoms with Crippen LogP contribution in [0.2, 0.25) is 0 Å². The van der Waals surface area contributed by atoms with Crippen molar-refractivity contribution in [1.29, 1.82) is 0 Å². The normalized spacial score (nSPS) is 20.3. The molecular weight excluding hydrogens is 420 g/mol. The average molecular weight is 447 g/mol. The van der Waals surface area contributed by atoms with E-state index in [4.69, 9.17) is 0 Å². The van der Waals surface area contributed by atoms with Gasteiger partial charge in [0.15, 0.2) is 5.50 Å². The Hall–Kier alpha value is -3.23. The Labute approximate surface area is 191 Å². The molecule has 0 fully saturated rings. The van der Waals surface area contributed by atoms with E-state index in [-0.39, 0.29) is 17.4 Å². The highest BCUT2D eigenvalue weighted by atomic mass is 32.2. The summed E-state index contributed by atoms with van der Waals surface area (Å²) in [4.78, 5) is 19.2. The summed E-state index contributed by atoms with van der Waals surface area (Å²) >= 11 is 1.60. The molecule has 0 aliphatic carbocycles. The molecule has 2 aliphatic heterocycles. The molecule has 2 aromatic heterocycles. The SMILES string of the molecule is CC1=CSC(N(C)C(=O)c2ccc(-c3cnc4ccc(C5=CN(C)NC5C)cn34)cc2)N1. The number of hydrogen-bond acceptors (Lipinski definition) is 6. The summed E-state index contributed by atoms with van der Waals surface area (Å²) in [6.45, 7) is 4.15. The molecule has 4 heterocycles. The van der Waals surface area contributed by atoms with Crippen molar-refractivity contribution < 1.29 is 4.79 Å². The van der Waals surface area contributed by atoms with Gasteiger partial charge in [-0.3, -0.25) is 9.20 Å². The lowest BCUT2D eigenvalue weighted by molar-refractivity contribution is 0.0772. The van der Waals surface area contributed by atoms with Crippen molar-refractivity contribution in [1.82, 2.24) is 30.0 Å². The number of thioether (sulfide) groups is 1. The van der Waals surface area contributed by atoms with Crippen LogP contribution >= 0.6 is 11.8 Å². The highest BCUT2D eigenvalue weighted by Crippen LogP contribution is 2.28. The van der Waals surface area contributed by atoms with Crippen molar-refractivity contribution in [3.8, 4) is 11.3 Å². The molecule has 7 nitrogen and oxygen atoms in total. The van der Waals surface area contributed by atoms with Crippen molar-refractivity contribution in [2.45, 2.75) is 25.4 Å². The van der Waals surface area contributed by atoms with Crippen LogP contribution in [0, 0.1) is 0 Å². The summed E-state index contributed by atoms with van der Waals surface area (Å²) in [6, 6.07) is 12.2. The molecule has 2 aliphatic rings. The lowest BCUT2D eigenvalue weighted by atomic mass is 10.0. The van der Waals surface area contributed by atoms with Crippen LogP contribution < -0.4 is 10.7 Å². The number of nitrogens with one attached hydrogen (secondary N) is 2. The molecule has 1 amide bonds. The molecule has 0 saturated heterocycles. The Morgan fingerprint density at radius 3 is 2.56 bits per heavy atom. The van der Waals surface area contributed by atoms with E-state index in [0.717, 1.165) is 28.2 Å². The van der Waals surface area contributed by atoms with E-state index in [9.17, 15) is 4.79 Å². The van der Waals surface area contributed by atoms with Crippen LogP contribution in [0.3, 0.4) is 0 Å². The van der Waals surface area contributed by atoms with Crippen molar-refractivity contribution in [3.63, 3.8) is 0 Å². The lowest BCUT2D eigenvalue weighted by Crippen LogP contribution is -2.41. The first-order valence-corrected chi connectivity index (χ1v) is 11.5. The first kappa shape index (κ1) is 20.7. The van der Waals surface area contributed by atoms with Crippen molar-refractivity contribution in [3.05, 3.63) is 77.2 Å². The van der Waals surface area contributed by atoms with Crippen LogP contribution in [0.4, 0.5) is 0 Å². The van der Waals surface area contributed by atoms with Crippen molar-refractivity contribution in [2.24, 2.45) is 0 Å². The first-order valence-electron chi connectivity index (χ1n) is 10.6. The summed E-state index contributed by atoms with van der Waals surface area (Å²) in [5.41, 5.74) is 10.3. The van der Waals surface area contributed by atoms with E-state index in [2.05, 4.69) is 45.5 Å². The van der Waals surface area contributed by atoms with Gasteiger partial charge < -0.3 is 15.2 Å². The number of hydrazine groups is 1. The van der Waals surface area contributed by atoms with E-state index in [1.165, 1.54) is 5.57 Å². The van der Waals surface area contributed by atoms with E-state index in [1.807, 2.05) is 68.0 Å². The van der Waals surface area contributed by atoms with Gasteiger partial charge in [-0.15, -0.1) is 0 Å². The number of carbonyl (C=O) groups is 1. The average Bonchev–Trinajstić information content (AvgIpc) is 3.50. The summed E-state index contributed by atoms with van der Waals surface area (Å²) in [5, 5.41) is 7.32. The van der Waals surface area contributed by atoms with Gasteiger partial charge in [-0.2, -0.15) is 0 Å². The fraction of sp³-hybridized carbons (Fsp3) is 0.250. The minimum atomic E-state index is -0.0693. The smallest absolute Gasteiger partial charge is 0.255 e. The maximum atomic E-state index is 12.9. The third-order valence-electron chi connectivity index (χ3n) is 5.86. The summed E-state index contributed by atoms with van der Waals surface area (Å²) in [5.74, 6) is -0.0103. The highest BCUT2D eigenvalue weighted by Gasteiger charge is 2.24. The van der Waals surface area contributed by atoms with Crippen LogP contribution in [0.1, 0.15) is 29.8 Å². The molecule has 2 N–H and O–H groups in total. The van der Waals surface area contributed by atoms with Crippen LogP contribution in [0.15, 0.2) is 66.1 Å². The van der Waals surface area contributed by atoms with E-state index in [1.54, 1.807) is 16.7 Å². The molecule has 2 unspecified atom stereocenters. The number of fused-ring (bicyclic) bond motifs is 1. The van der Waals surface area contributed by atoms with Gasteiger partial charge in [-0.25, -0.2) is 10.4 Å². The van der Waals surface area contributed by atoms with E-state index in [0.29, 0.717) is 5.56 Å². The third-order valence-corrected chi connectivity index (χ3v) is 7.04. The number of imidazole rings is 1. The molecule has 1 aromatic carbocycles. The molecule has 0 saturated carbocycles. The molecule has 0 spiro atoms. The minimum absolute atomic E-state index is 0.0103. The van der Waals surface area contributed by atoms with Gasteiger partial charge in [-0.1, -0.05) is 23.9 Å². The van der Waals surface area contributed by atoms with Crippen LogP contribution in [0.25, 0.3) is 22.5 Å². The second kappa shape index (κ2) is 8.03. The molecule has 32 heavy (non-hydrogen) atoms. The molecule has 5 rings (SSSR count). The topological polar surface area (TPSA) is 64.9 Å². The van der Waals surface area contributed by atoms with Gasteiger partial charge in [0.05, 0.1) is 17.9 Å². The summed E-state index contributed by atoms with van der Waals surface area (Å²) in [6.07, 6.45) is 6.13. The zero-order chi connectivity index (χ0) is 22.4. The lowest BCUT2D eigenvalue weighted by Gasteiger charge is -2.24. The van der Waals surface area contributed by atoms with Gasteiger partial charge in [-0.05, 0) is 54.7 Å². The molecule has 164 valence electrons. The maximum Gasteiger partial charge on any atom is 0.255 e. The minimum Gasteiger partial charge on any atom is -0.360 e. The Morgan fingerprint density at radius 1 is 1.16 bits per heavy atom. The summed E-state index contributed by atoms with van der Waals surface area (Å²) < 4.78 is 2.11. The van der Waals surface area contributed by atoms with Crippen LogP contribution in [-0.4, -0.2) is 50.8 Å². The Bertz CT molecular complexity index is 1250. The van der Waals surface area contributed by atoms with Crippen molar-refractivity contribution in [2.75, 3.05) is 14.1 Å². The standard InChI is InChI=1S/C24H26N6OS/c1-15-14-32-24(26-15)29(4)23(31)18-7-5-17(6-8-18)21-11-25-22-10-9-19(12-30(21)22)20-13-28(3)27-16(20)2/h5-14,16,24,26-27H,1-4H3. The largest absolute Gasteiger partial charge is 0.360 e. The third kappa shape index (κ3) is 3.65. The van der Waals surface area contributed by atoms with Gasteiger partial charge >= 0.3 is 0 Å². The van der Waals surface area contributed by atoms with Gasteiger partial charge in [0, 0.05) is 43.3 Å².